The van der Waals surface area contributed by atoms with Crippen LogP contribution in [0.5, 0.6) is 5.75 Å². The maximum atomic E-state index is 12.5. The molecule has 202 valence electrons. The van der Waals surface area contributed by atoms with Crippen LogP contribution < -0.4 is 15.6 Å². The summed E-state index contributed by atoms with van der Waals surface area (Å²) in [6.45, 7) is 5.40. The standard InChI is InChI=1S/C25H34N4O7S/c1-3-36-20-6-4-5-19(15-20)23(31)27-28-24(32)21-17-37-25(26-21)18-7-9-29(10-8-18)22(30)16-35-14-13-34-12-11-33-2/h4-6,15,17-18H,3,7-14,16H2,1-2H3,(H,27,31)(H,28,32). The fourth-order valence-electron chi connectivity index (χ4n) is 3.71. The molecule has 1 saturated heterocycles. The Morgan fingerprint density at radius 2 is 1.78 bits per heavy atom. The summed E-state index contributed by atoms with van der Waals surface area (Å²) < 4.78 is 21.0. The van der Waals surface area contributed by atoms with Gasteiger partial charge in [0.15, 0.2) is 0 Å². The van der Waals surface area contributed by atoms with Crippen molar-refractivity contribution in [1.82, 2.24) is 20.7 Å². The van der Waals surface area contributed by atoms with Crippen molar-refractivity contribution in [2.45, 2.75) is 25.7 Å². The van der Waals surface area contributed by atoms with E-state index in [1.165, 1.54) is 11.3 Å². The number of hydrazine groups is 1. The zero-order chi connectivity index (χ0) is 26.5. The number of benzene rings is 1. The van der Waals surface area contributed by atoms with Crippen LogP contribution in [0.2, 0.25) is 0 Å². The second-order valence-electron chi connectivity index (χ2n) is 8.25. The number of ether oxygens (including phenoxy) is 4. The van der Waals surface area contributed by atoms with Crippen LogP contribution in [0.25, 0.3) is 0 Å². The third-order valence-electron chi connectivity index (χ3n) is 5.68. The summed E-state index contributed by atoms with van der Waals surface area (Å²) in [7, 11) is 1.61. The van der Waals surface area contributed by atoms with E-state index in [4.69, 9.17) is 18.9 Å². The molecule has 3 rings (SSSR count). The second kappa shape index (κ2) is 15.3. The van der Waals surface area contributed by atoms with Crippen LogP contribution in [-0.2, 0) is 19.0 Å². The first-order valence-electron chi connectivity index (χ1n) is 12.2. The van der Waals surface area contributed by atoms with E-state index >= 15 is 0 Å². The van der Waals surface area contributed by atoms with Crippen LogP contribution in [0, 0.1) is 0 Å². The van der Waals surface area contributed by atoms with Crippen molar-refractivity contribution in [1.29, 1.82) is 0 Å². The number of likely N-dealkylation sites (tertiary alicyclic amines) is 1. The number of carbonyl (C=O) groups is 3. The lowest BCUT2D eigenvalue weighted by Gasteiger charge is -2.31. The van der Waals surface area contributed by atoms with Gasteiger partial charge >= 0.3 is 0 Å². The molecule has 1 aliphatic heterocycles. The topological polar surface area (TPSA) is 128 Å². The molecule has 1 aromatic carbocycles. The van der Waals surface area contributed by atoms with Crippen molar-refractivity contribution in [3.05, 3.63) is 45.9 Å². The van der Waals surface area contributed by atoms with Gasteiger partial charge in [0.1, 0.15) is 18.1 Å². The lowest BCUT2D eigenvalue weighted by molar-refractivity contribution is -0.137. The van der Waals surface area contributed by atoms with Crippen molar-refractivity contribution in [3.8, 4) is 5.75 Å². The van der Waals surface area contributed by atoms with Gasteiger partial charge in [0.05, 0.1) is 38.0 Å². The van der Waals surface area contributed by atoms with Gasteiger partial charge < -0.3 is 23.8 Å². The summed E-state index contributed by atoms with van der Waals surface area (Å²) in [6, 6.07) is 6.70. The molecular weight excluding hydrogens is 500 g/mol. The minimum absolute atomic E-state index is 0.0293. The van der Waals surface area contributed by atoms with Crippen molar-refractivity contribution < 1.29 is 33.3 Å². The fraction of sp³-hybridized carbons (Fsp3) is 0.520. The van der Waals surface area contributed by atoms with Crippen LogP contribution in [-0.4, -0.2) is 87.4 Å². The van der Waals surface area contributed by atoms with E-state index in [2.05, 4.69) is 15.8 Å². The Morgan fingerprint density at radius 1 is 1.05 bits per heavy atom. The van der Waals surface area contributed by atoms with E-state index in [1.54, 1.807) is 41.7 Å². The molecule has 0 saturated carbocycles. The quantitative estimate of drug-likeness (QED) is 0.295. The number of aromatic nitrogens is 1. The summed E-state index contributed by atoms with van der Waals surface area (Å²) in [5.41, 5.74) is 5.42. The number of nitrogens with one attached hydrogen (secondary N) is 2. The van der Waals surface area contributed by atoms with Gasteiger partial charge in [-0.2, -0.15) is 0 Å². The first-order chi connectivity index (χ1) is 18.0. The molecule has 1 fully saturated rings. The van der Waals surface area contributed by atoms with Crippen LogP contribution in [0.15, 0.2) is 29.6 Å². The highest BCUT2D eigenvalue weighted by atomic mass is 32.1. The largest absolute Gasteiger partial charge is 0.494 e. The van der Waals surface area contributed by atoms with Gasteiger partial charge in [-0.05, 0) is 38.0 Å². The average Bonchev–Trinajstić information content (AvgIpc) is 3.42. The van der Waals surface area contributed by atoms with Gasteiger partial charge in [-0.3, -0.25) is 25.2 Å². The minimum Gasteiger partial charge on any atom is -0.494 e. The number of rotatable bonds is 13. The fourth-order valence-corrected chi connectivity index (χ4v) is 4.68. The Balaban J connectivity index is 1.38. The Morgan fingerprint density at radius 3 is 2.54 bits per heavy atom. The Bertz CT molecular complexity index is 1020. The maximum Gasteiger partial charge on any atom is 0.289 e. The maximum absolute atomic E-state index is 12.5. The molecule has 1 aromatic heterocycles. The molecule has 3 amide bonds. The van der Waals surface area contributed by atoms with Gasteiger partial charge in [0.2, 0.25) is 5.91 Å². The molecule has 1 aliphatic rings. The summed E-state index contributed by atoms with van der Waals surface area (Å²) >= 11 is 1.40. The molecule has 0 unspecified atom stereocenters. The zero-order valence-corrected chi connectivity index (χ0v) is 22.0. The first kappa shape index (κ1) is 28.5. The molecule has 11 nitrogen and oxygen atoms in total. The number of piperidine rings is 1. The van der Waals surface area contributed by atoms with Crippen LogP contribution >= 0.6 is 11.3 Å². The Hall–Kier alpha value is -3.06. The van der Waals surface area contributed by atoms with Crippen molar-refractivity contribution in [3.63, 3.8) is 0 Å². The predicted molar refractivity (Wildman–Crippen MR) is 137 cm³/mol. The zero-order valence-electron chi connectivity index (χ0n) is 21.2. The number of nitrogens with zero attached hydrogens (tertiary/aromatic N) is 2. The molecule has 0 spiro atoms. The van der Waals surface area contributed by atoms with Gasteiger partial charge in [0, 0.05) is 37.1 Å². The molecule has 0 radical (unpaired) electrons. The summed E-state index contributed by atoms with van der Waals surface area (Å²) in [4.78, 5) is 43.5. The van der Waals surface area contributed by atoms with E-state index in [1.807, 2.05) is 6.92 Å². The van der Waals surface area contributed by atoms with Crippen molar-refractivity contribution in [2.24, 2.45) is 0 Å². The molecule has 0 bridgehead atoms. The van der Waals surface area contributed by atoms with Gasteiger partial charge in [-0.1, -0.05) is 6.07 Å². The number of amides is 3. The molecular formula is C25H34N4O7S. The number of carbonyl (C=O) groups excluding carboxylic acids is 3. The lowest BCUT2D eigenvalue weighted by Crippen LogP contribution is -2.41. The van der Waals surface area contributed by atoms with E-state index in [-0.39, 0.29) is 24.1 Å². The SMILES string of the molecule is CCOc1cccc(C(=O)NNC(=O)c2csc(C3CCN(C(=O)COCCOCCOC)CC3)n2)c1. The monoisotopic (exact) mass is 534 g/mol. The summed E-state index contributed by atoms with van der Waals surface area (Å²) in [5, 5.41) is 2.52. The molecule has 2 N–H and O–H groups in total. The molecule has 2 aromatic rings. The number of thiazole rings is 1. The van der Waals surface area contributed by atoms with Gasteiger partial charge in [0.25, 0.3) is 11.8 Å². The highest BCUT2D eigenvalue weighted by Gasteiger charge is 2.26. The summed E-state index contributed by atoms with van der Waals surface area (Å²) in [6.07, 6.45) is 1.51. The van der Waals surface area contributed by atoms with E-state index in [0.29, 0.717) is 57.4 Å². The Labute approximate surface area is 220 Å². The highest BCUT2D eigenvalue weighted by Crippen LogP contribution is 2.30. The first-order valence-corrected chi connectivity index (χ1v) is 13.1. The van der Waals surface area contributed by atoms with Gasteiger partial charge in [-0.15, -0.1) is 11.3 Å². The normalized spacial score (nSPS) is 13.8. The van der Waals surface area contributed by atoms with E-state index in [0.717, 1.165) is 17.8 Å². The number of methoxy groups -OCH3 is 1. The second-order valence-corrected chi connectivity index (χ2v) is 9.14. The third-order valence-corrected chi connectivity index (χ3v) is 6.68. The molecule has 37 heavy (non-hydrogen) atoms. The van der Waals surface area contributed by atoms with E-state index < -0.39 is 11.8 Å². The minimum atomic E-state index is -0.493. The highest BCUT2D eigenvalue weighted by molar-refractivity contribution is 7.09. The van der Waals surface area contributed by atoms with E-state index in [9.17, 15) is 14.4 Å². The van der Waals surface area contributed by atoms with Crippen molar-refractivity contribution >= 4 is 29.1 Å². The van der Waals surface area contributed by atoms with Crippen molar-refractivity contribution in [2.75, 3.05) is 59.8 Å². The molecule has 0 atom stereocenters. The van der Waals surface area contributed by atoms with Crippen LogP contribution in [0.4, 0.5) is 0 Å². The number of hydrogen-bond donors (Lipinski definition) is 2. The number of hydrogen-bond acceptors (Lipinski definition) is 9. The molecule has 12 heteroatoms. The van der Waals surface area contributed by atoms with Crippen LogP contribution in [0.1, 0.15) is 51.5 Å². The van der Waals surface area contributed by atoms with Crippen LogP contribution in [0.3, 0.4) is 0 Å². The smallest absolute Gasteiger partial charge is 0.289 e. The Kier molecular flexibility index (Phi) is 11.8. The summed E-state index contributed by atoms with van der Waals surface area (Å²) in [5.74, 6) is -0.245. The third kappa shape index (κ3) is 9.08. The molecule has 2 heterocycles. The lowest BCUT2D eigenvalue weighted by atomic mass is 9.97. The predicted octanol–water partition coefficient (Wildman–Crippen LogP) is 2.00. The molecule has 0 aliphatic carbocycles. The average molecular weight is 535 g/mol. The van der Waals surface area contributed by atoms with Gasteiger partial charge in [-0.25, -0.2) is 4.98 Å².